The largest absolute Gasteiger partial charge is 0.493 e. The third-order valence-corrected chi connectivity index (χ3v) is 5.74. The Labute approximate surface area is 200 Å². The van der Waals surface area contributed by atoms with Gasteiger partial charge in [0.25, 0.3) is 5.91 Å². The van der Waals surface area contributed by atoms with E-state index >= 15 is 0 Å². The van der Waals surface area contributed by atoms with E-state index in [-0.39, 0.29) is 5.82 Å². The van der Waals surface area contributed by atoms with Crippen LogP contribution in [0.3, 0.4) is 0 Å². The van der Waals surface area contributed by atoms with E-state index in [9.17, 15) is 4.79 Å². The molecule has 3 heterocycles. The minimum atomic E-state index is -1.58. The molecule has 1 N–H and O–H groups in total. The maximum Gasteiger partial charge on any atom is 0.269 e. The zero-order chi connectivity index (χ0) is 24.3. The van der Waals surface area contributed by atoms with Gasteiger partial charge >= 0.3 is 0 Å². The van der Waals surface area contributed by atoms with Gasteiger partial charge in [0, 0.05) is 24.1 Å². The molecular weight excluding hydrogens is 446 g/mol. The lowest BCUT2D eigenvalue weighted by Crippen LogP contribution is -2.43. The number of carbonyl (C=O) groups excluding carboxylic acids is 1. The molecule has 174 valence electrons. The normalized spacial score (nSPS) is 12.7. The van der Waals surface area contributed by atoms with Crippen molar-refractivity contribution in [3.63, 3.8) is 0 Å². The minimum absolute atomic E-state index is 0.219. The average Bonchev–Trinajstić information content (AvgIpc) is 3.45. The number of nitrogens with one attached hydrogen (secondary N) is 1. The van der Waals surface area contributed by atoms with Crippen molar-refractivity contribution in [3.8, 4) is 17.0 Å². The molecule has 5 aromatic rings. The van der Waals surface area contributed by atoms with E-state index in [1.54, 1.807) is 36.5 Å². The average molecular weight is 467 g/mol. The van der Waals surface area contributed by atoms with Crippen LogP contribution in [0.25, 0.3) is 22.2 Å². The first-order valence-corrected chi connectivity index (χ1v) is 10.8. The number of hydrogen-bond acceptors (Lipinski definition) is 8. The maximum atomic E-state index is 13.9. The van der Waals surface area contributed by atoms with Crippen LogP contribution in [-0.2, 0) is 15.1 Å². The number of nitrogens with zero attached hydrogens (tertiary/aromatic N) is 4. The molecule has 0 saturated carbocycles. The summed E-state index contributed by atoms with van der Waals surface area (Å²) in [6.07, 6.45) is 3.03. The predicted octanol–water partition coefficient (Wildman–Crippen LogP) is 4.22. The van der Waals surface area contributed by atoms with Gasteiger partial charge in [0.2, 0.25) is 5.60 Å². The van der Waals surface area contributed by atoms with Crippen LogP contribution in [0.15, 0.2) is 89.8 Å². The van der Waals surface area contributed by atoms with Crippen LogP contribution < -0.4 is 10.1 Å². The summed E-state index contributed by atoms with van der Waals surface area (Å²) in [4.78, 5) is 18.6. The Balaban J connectivity index is 1.60. The number of carbonyl (C=O) groups is 1. The Morgan fingerprint density at radius 2 is 1.77 bits per heavy atom. The SMILES string of the molecule is COc1ccc(-c2cnnc3ccccc23)nc1NC(=O)C(OC)(c1ccccc1)c1ccon1. The second-order valence-electron chi connectivity index (χ2n) is 7.61. The zero-order valence-corrected chi connectivity index (χ0v) is 19.0. The van der Waals surface area contributed by atoms with Crippen molar-refractivity contribution in [1.82, 2.24) is 20.3 Å². The van der Waals surface area contributed by atoms with Crippen LogP contribution in [0.5, 0.6) is 5.75 Å². The van der Waals surface area contributed by atoms with E-state index in [1.807, 2.05) is 42.5 Å². The number of ether oxygens (including phenoxy) is 2. The standard InChI is InChI=1S/C26H21N5O4/c1-33-22-13-12-20(19-16-27-30-21-11-7-6-10-18(19)21)28-24(22)29-25(32)26(34-2,23-14-15-35-31-23)17-8-4-3-5-9-17/h3-16H,1-2H3,(H,28,29,32). The third-order valence-electron chi connectivity index (χ3n) is 5.74. The van der Waals surface area contributed by atoms with E-state index in [0.717, 1.165) is 16.5 Å². The molecule has 1 amide bonds. The smallest absolute Gasteiger partial charge is 0.269 e. The molecule has 5 rings (SSSR count). The summed E-state index contributed by atoms with van der Waals surface area (Å²) < 4.78 is 16.4. The highest BCUT2D eigenvalue weighted by Crippen LogP contribution is 2.36. The number of methoxy groups -OCH3 is 2. The lowest BCUT2D eigenvalue weighted by molar-refractivity contribution is -0.134. The summed E-state index contributed by atoms with van der Waals surface area (Å²) in [5.41, 5.74) is 1.39. The molecular formula is C26H21N5O4. The molecule has 35 heavy (non-hydrogen) atoms. The Morgan fingerprint density at radius 1 is 0.971 bits per heavy atom. The van der Waals surface area contributed by atoms with E-state index in [4.69, 9.17) is 19.0 Å². The van der Waals surface area contributed by atoms with Gasteiger partial charge in [0.1, 0.15) is 12.0 Å². The Kier molecular flexibility index (Phi) is 5.90. The molecule has 0 aliphatic carbocycles. The number of hydrogen-bond donors (Lipinski definition) is 1. The molecule has 9 heteroatoms. The maximum absolute atomic E-state index is 13.9. The van der Waals surface area contributed by atoms with Crippen LogP contribution in [0.2, 0.25) is 0 Å². The van der Waals surface area contributed by atoms with E-state index in [0.29, 0.717) is 22.7 Å². The first kappa shape index (κ1) is 22.2. The molecule has 0 radical (unpaired) electrons. The summed E-state index contributed by atoms with van der Waals surface area (Å²) in [5.74, 6) is 0.0872. The second kappa shape index (κ2) is 9.32. The molecule has 0 spiro atoms. The van der Waals surface area contributed by atoms with E-state index in [2.05, 4.69) is 20.7 Å². The van der Waals surface area contributed by atoms with Crippen LogP contribution in [0.4, 0.5) is 5.82 Å². The molecule has 9 nitrogen and oxygen atoms in total. The molecule has 1 unspecified atom stereocenters. The predicted molar refractivity (Wildman–Crippen MR) is 129 cm³/mol. The van der Waals surface area contributed by atoms with Crippen molar-refractivity contribution in [2.45, 2.75) is 5.60 Å². The summed E-state index contributed by atoms with van der Waals surface area (Å²) in [5, 5.41) is 16.1. The van der Waals surface area contributed by atoms with Crippen LogP contribution >= 0.6 is 0 Å². The van der Waals surface area contributed by atoms with Crippen LogP contribution in [0.1, 0.15) is 11.3 Å². The van der Waals surface area contributed by atoms with Crippen molar-refractivity contribution in [3.05, 3.63) is 96.5 Å². The van der Waals surface area contributed by atoms with Crippen molar-refractivity contribution in [1.29, 1.82) is 0 Å². The Hall–Kier alpha value is -4.63. The van der Waals surface area contributed by atoms with Gasteiger partial charge in [-0.1, -0.05) is 53.7 Å². The lowest BCUT2D eigenvalue weighted by atomic mass is 9.89. The van der Waals surface area contributed by atoms with Crippen molar-refractivity contribution < 1.29 is 18.8 Å². The van der Waals surface area contributed by atoms with Crippen LogP contribution in [-0.4, -0.2) is 40.5 Å². The van der Waals surface area contributed by atoms with Gasteiger partial charge in [-0.3, -0.25) is 4.79 Å². The molecule has 0 bridgehead atoms. The number of aromatic nitrogens is 4. The molecule has 0 fully saturated rings. The van der Waals surface area contributed by atoms with Gasteiger partial charge in [-0.2, -0.15) is 10.2 Å². The topological polar surface area (TPSA) is 112 Å². The van der Waals surface area contributed by atoms with Crippen molar-refractivity contribution >= 4 is 22.6 Å². The first-order chi connectivity index (χ1) is 17.2. The van der Waals surface area contributed by atoms with Crippen molar-refractivity contribution in [2.24, 2.45) is 0 Å². The lowest BCUT2D eigenvalue weighted by Gasteiger charge is -2.29. The number of fused-ring (bicyclic) bond motifs is 1. The molecule has 0 aliphatic rings. The van der Waals surface area contributed by atoms with Crippen molar-refractivity contribution in [2.75, 3.05) is 19.5 Å². The number of benzene rings is 2. The third kappa shape index (κ3) is 3.87. The van der Waals surface area contributed by atoms with Gasteiger partial charge in [0.05, 0.1) is 24.5 Å². The molecule has 2 aromatic carbocycles. The van der Waals surface area contributed by atoms with Gasteiger partial charge < -0.3 is 19.3 Å². The molecule has 3 aromatic heterocycles. The second-order valence-corrected chi connectivity index (χ2v) is 7.61. The fraction of sp³-hybridized carbons (Fsp3) is 0.115. The Morgan fingerprint density at radius 3 is 2.51 bits per heavy atom. The summed E-state index contributed by atoms with van der Waals surface area (Å²) >= 11 is 0. The number of rotatable bonds is 7. The monoisotopic (exact) mass is 467 g/mol. The number of anilines is 1. The van der Waals surface area contributed by atoms with Crippen LogP contribution in [0, 0.1) is 0 Å². The summed E-state index contributed by atoms with van der Waals surface area (Å²) in [6.45, 7) is 0. The van der Waals surface area contributed by atoms with Gasteiger partial charge in [0.15, 0.2) is 11.6 Å². The summed E-state index contributed by atoms with van der Waals surface area (Å²) in [7, 11) is 2.95. The van der Waals surface area contributed by atoms with E-state index in [1.165, 1.54) is 20.5 Å². The highest BCUT2D eigenvalue weighted by atomic mass is 16.5. The van der Waals surface area contributed by atoms with E-state index < -0.39 is 11.5 Å². The molecule has 0 aliphatic heterocycles. The fourth-order valence-corrected chi connectivity index (χ4v) is 4.03. The highest BCUT2D eigenvalue weighted by molar-refractivity contribution is 6.01. The highest BCUT2D eigenvalue weighted by Gasteiger charge is 2.45. The fourth-order valence-electron chi connectivity index (χ4n) is 4.03. The molecule has 1 atom stereocenters. The number of pyridine rings is 1. The van der Waals surface area contributed by atoms with Gasteiger partial charge in [-0.05, 0) is 23.8 Å². The number of amides is 1. The van der Waals surface area contributed by atoms with Gasteiger partial charge in [-0.25, -0.2) is 4.98 Å². The summed E-state index contributed by atoms with van der Waals surface area (Å²) in [6, 6.07) is 21.8. The zero-order valence-electron chi connectivity index (χ0n) is 19.0. The molecule has 0 saturated heterocycles. The Bertz CT molecular complexity index is 1470. The van der Waals surface area contributed by atoms with Gasteiger partial charge in [-0.15, -0.1) is 0 Å². The first-order valence-electron chi connectivity index (χ1n) is 10.8. The minimum Gasteiger partial charge on any atom is -0.493 e. The quantitative estimate of drug-likeness (QED) is 0.379.